The number of nitrogens with two attached hydrogens (primary N) is 1. The molecule has 2 rings (SSSR count). The van der Waals surface area contributed by atoms with Gasteiger partial charge in [0.1, 0.15) is 11.4 Å². The standard InChI is InChI=1S/C18H15ClN2O4/c1-11(22)25-13-8-6-12(7-9-13)10-16(17(20)23)21-18(24)14-4-2-3-5-15(14)19/h2-10H,1H3,(H2,20,23)(H,21,24)/b16-10+. The van der Waals surface area contributed by atoms with Crippen molar-refractivity contribution in [3.05, 3.63) is 70.4 Å². The van der Waals surface area contributed by atoms with E-state index in [0.717, 1.165) is 0 Å². The molecule has 3 N–H and O–H groups in total. The first-order valence-corrected chi connectivity index (χ1v) is 7.60. The number of carbonyl (C=O) groups excluding carboxylic acids is 3. The van der Waals surface area contributed by atoms with Crippen molar-refractivity contribution in [1.29, 1.82) is 0 Å². The molecule has 0 aromatic heterocycles. The van der Waals surface area contributed by atoms with E-state index in [-0.39, 0.29) is 16.3 Å². The highest BCUT2D eigenvalue weighted by molar-refractivity contribution is 6.34. The molecule has 128 valence electrons. The third kappa shape index (κ3) is 5.19. The zero-order chi connectivity index (χ0) is 18.4. The van der Waals surface area contributed by atoms with Crippen LogP contribution in [0.2, 0.25) is 5.02 Å². The number of nitrogens with one attached hydrogen (secondary N) is 1. The van der Waals surface area contributed by atoms with Gasteiger partial charge in [0.2, 0.25) is 0 Å². The topological polar surface area (TPSA) is 98.5 Å². The molecule has 0 spiro atoms. The molecule has 0 fully saturated rings. The van der Waals surface area contributed by atoms with Crippen LogP contribution in [-0.4, -0.2) is 17.8 Å². The van der Waals surface area contributed by atoms with Gasteiger partial charge in [-0.3, -0.25) is 14.4 Å². The van der Waals surface area contributed by atoms with Gasteiger partial charge in [0, 0.05) is 6.92 Å². The van der Waals surface area contributed by atoms with Gasteiger partial charge in [-0.1, -0.05) is 35.9 Å². The monoisotopic (exact) mass is 358 g/mol. The number of halogens is 1. The van der Waals surface area contributed by atoms with Crippen molar-refractivity contribution in [3.8, 4) is 5.75 Å². The first-order valence-electron chi connectivity index (χ1n) is 7.22. The van der Waals surface area contributed by atoms with E-state index >= 15 is 0 Å². The van der Waals surface area contributed by atoms with Gasteiger partial charge in [-0.15, -0.1) is 0 Å². The van der Waals surface area contributed by atoms with Gasteiger partial charge in [-0.2, -0.15) is 0 Å². The van der Waals surface area contributed by atoms with Gasteiger partial charge in [-0.05, 0) is 35.9 Å². The molecule has 0 radical (unpaired) electrons. The van der Waals surface area contributed by atoms with Gasteiger partial charge in [0.25, 0.3) is 11.8 Å². The van der Waals surface area contributed by atoms with Crippen LogP contribution < -0.4 is 15.8 Å². The lowest BCUT2D eigenvalue weighted by Crippen LogP contribution is -2.31. The molecule has 2 aromatic carbocycles. The quantitative estimate of drug-likeness (QED) is 0.487. The SMILES string of the molecule is CC(=O)Oc1ccc(/C=C(/NC(=O)c2ccccc2Cl)C(N)=O)cc1. The normalized spacial score (nSPS) is 10.9. The molecular weight excluding hydrogens is 344 g/mol. The number of ether oxygens (including phenoxy) is 1. The summed E-state index contributed by atoms with van der Waals surface area (Å²) in [5, 5.41) is 2.71. The average molecular weight is 359 g/mol. The number of benzene rings is 2. The fourth-order valence-electron chi connectivity index (χ4n) is 1.97. The molecule has 0 bridgehead atoms. The molecule has 7 heteroatoms. The minimum Gasteiger partial charge on any atom is -0.427 e. The van der Waals surface area contributed by atoms with E-state index in [1.165, 1.54) is 19.1 Å². The Morgan fingerprint density at radius 2 is 1.72 bits per heavy atom. The summed E-state index contributed by atoms with van der Waals surface area (Å²) < 4.78 is 4.92. The molecule has 0 unspecified atom stereocenters. The van der Waals surface area contributed by atoms with Gasteiger partial charge >= 0.3 is 5.97 Å². The lowest BCUT2D eigenvalue weighted by Gasteiger charge is -2.08. The first kappa shape index (κ1) is 18.2. The largest absolute Gasteiger partial charge is 0.427 e. The van der Waals surface area contributed by atoms with Crippen LogP contribution in [0.15, 0.2) is 54.2 Å². The first-order chi connectivity index (χ1) is 11.9. The summed E-state index contributed by atoms with van der Waals surface area (Å²) >= 11 is 5.96. The number of rotatable bonds is 5. The molecule has 0 aliphatic carbocycles. The van der Waals surface area contributed by atoms with Crippen LogP contribution in [0, 0.1) is 0 Å². The molecule has 0 saturated heterocycles. The second-order valence-corrected chi connectivity index (χ2v) is 5.43. The molecule has 0 aliphatic rings. The van der Waals surface area contributed by atoms with Crippen LogP contribution in [-0.2, 0) is 9.59 Å². The Morgan fingerprint density at radius 1 is 1.08 bits per heavy atom. The number of esters is 1. The molecule has 2 aromatic rings. The molecule has 0 atom stereocenters. The van der Waals surface area contributed by atoms with Gasteiger partial charge in [0.15, 0.2) is 0 Å². The van der Waals surface area contributed by atoms with E-state index in [2.05, 4.69) is 5.32 Å². The number of hydrogen-bond donors (Lipinski definition) is 2. The zero-order valence-corrected chi connectivity index (χ0v) is 14.0. The van der Waals surface area contributed by atoms with E-state index in [1.54, 1.807) is 42.5 Å². The second kappa shape index (κ2) is 8.12. The third-order valence-electron chi connectivity index (χ3n) is 3.08. The molecule has 2 amide bonds. The minimum atomic E-state index is -0.801. The van der Waals surface area contributed by atoms with Crippen LogP contribution in [0.1, 0.15) is 22.8 Å². The molecule has 0 heterocycles. The highest BCUT2D eigenvalue weighted by atomic mass is 35.5. The molecule has 6 nitrogen and oxygen atoms in total. The van der Waals surface area contributed by atoms with E-state index in [0.29, 0.717) is 11.3 Å². The summed E-state index contributed by atoms with van der Waals surface area (Å²) in [6.45, 7) is 1.29. The summed E-state index contributed by atoms with van der Waals surface area (Å²) in [4.78, 5) is 34.7. The maximum absolute atomic E-state index is 12.2. The summed E-state index contributed by atoms with van der Waals surface area (Å²) in [6.07, 6.45) is 1.41. The van der Waals surface area contributed by atoms with Gasteiger partial charge in [0.05, 0.1) is 10.6 Å². The Balaban J connectivity index is 2.21. The average Bonchev–Trinajstić information content (AvgIpc) is 2.55. The Morgan fingerprint density at radius 3 is 2.28 bits per heavy atom. The van der Waals surface area contributed by atoms with Crippen molar-refractivity contribution >= 4 is 35.5 Å². The number of carbonyl (C=O) groups is 3. The van der Waals surface area contributed by atoms with Crippen molar-refractivity contribution < 1.29 is 19.1 Å². The molecule has 0 aliphatic heterocycles. The van der Waals surface area contributed by atoms with Crippen LogP contribution in [0.3, 0.4) is 0 Å². The summed E-state index contributed by atoms with van der Waals surface area (Å²) in [5.41, 5.74) is 6.04. The Kier molecular flexibility index (Phi) is 5.92. The maximum atomic E-state index is 12.2. The zero-order valence-electron chi connectivity index (χ0n) is 13.3. The second-order valence-electron chi connectivity index (χ2n) is 5.02. The summed E-state index contributed by atoms with van der Waals surface area (Å²) in [6, 6.07) is 12.8. The summed E-state index contributed by atoms with van der Waals surface area (Å²) in [5.74, 6) is -1.42. The lowest BCUT2D eigenvalue weighted by molar-refractivity contribution is -0.131. The maximum Gasteiger partial charge on any atom is 0.308 e. The van der Waals surface area contributed by atoms with Crippen LogP contribution in [0.25, 0.3) is 6.08 Å². The molecule has 0 saturated carbocycles. The van der Waals surface area contributed by atoms with Crippen molar-refractivity contribution in [2.24, 2.45) is 5.73 Å². The predicted octanol–water partition coefficient (Wildman–Crippen LogP) is 2.52. The smallest absolute Gasteiger partial charge is 0.308 e. The number of primary amides is 1. The molecular formula is C18H15ClN2O4. The Labute approximate surface area is 149 Å². The van der Waals surface area contributed by atoms with Gasteiger partial charge < -0.3 is 15.8 Å². The fourth-order valence-corrected chi connectivity index (χ4v) is 2.19. The molecule has 25 heavy (non-hydrogen) atoms. The van der Waals surface area contributed by atoms with E-state index < -0.39 is 17.8 Å². The number of hydrogen-bond acceptors (Lipinski definition) is 4. The summed E-state index contributed by atoms with van der Waals surface area (Å²) in [7, 11) is 0. The van der Waals surface area contributed by atoms with Crippen molar-refractivity contribution in [1.82, 2.24) is 5.32 Å². The highest BCUT2D eigenvalue weighted by Crippen LogP contribution is 2.17. The third-order valence-corrected chi connectivity index (χ3v) is 3.41. The Hall–Kier alpha value is -3.12. The van der Waals surface area contributed by atoms with E-state index in [4.69, 9.17) is 22.1 Å². The van der Waals surface area contributed by atoms with Crippen LogP contribution in [0.4, 0.5) is 0 Å². The minimum absolute atomic E-state index is 0.0924. The Bertz CT molecular complexity index is 844. The number of amides is 2. The lowest BCUT2D eigenvalue weighted by atomic mass is 10.1. The van der Waals surface area contributed by atoms with E-state index in [9.17, 15) is 14.4 Å². The van der Waals surface area contributed by atoms with E-state index in [1.807, 2.05) is 0 Å². The van der Waals surface area contributed by atoms with Crippen LogP contribution in [0.5, 0.6) is 5.75 Å². The van der Waals surface area contributed by atoms with Crippen molar-refractivity contribution in [3.63, 3.8) is 0 Å². The van der Waals surface area contributed by atoms with Crippen molar-refractivity contribution in [2.45, 2.75) is 6.92 Å². The fraction of sp³-hybridized carbons (Fsp3) is 0.0556. The van der Waals surface area contributed by atoms with Crippen LogP contribution >= 0.6 is 11.6 Å². The van der Waals surface area contributed by atoms with Crippen molar-refractivity contribution in [2.75, 3.05) is 0 Å². The predicted molar refractivity (Wildman–Crippen MR) is 93.8 cm³/mol. The van der Waals surface area contributed by atoms with Gasteiger partial charge in [-0.25, -0.2) is 0 Å². The highest BCUT2D eigenvalue weighted by Gasteiger charge is 2.14.